The molecule has 88 valence electrons. The van der Waals surface area contributed by atoms with E-state index in [4.69, 9.17) is 5.73 Å². The van der Waals surface area contributed by atoms with Crippen molar-refractivity contribution in [2.75, 3.05) is 19.3 Å². The molecule has 1 amide bonds. The van der Waals surface area contributed by atoms with Gasteiger partial charge in [0, 0.05) is 24.3 Å². The Hall–Kier alpha value is -1.10. The van der Waals surface area contributed by atoms with Crippen LogP contribution in [0.1, 0.15) is 24.2 Å². The van der Waals surface area contributed by atoms with Crippen LogP contribution in [0.5, 0.6) is 0 Å². The fourth-order valence-corrected chi connectivity index (χ4v) is 1.79. The summed E-state index contributed by atoms with van der Waals surface area (Å²) in [6.07, 6.45) is 1.58. The number of rotatable bonds is 3. The van der Waals surface area contributed by atoms with Crippen LogP contribution in [-0.2, 0) is 0 Å². The molecule has 0 atom stereocenters. The van der Waals surface area contributed by atoms with E-state index in [2.05, 4.69) is 34.8 Å². The van der Waals surface area contributed by atoms with Crippen LogP contribution < -0.4 is 5.73 Å². The third-order valence-electron chi connectivity index (χ3n) is 2.10. The minimum absolute atomic E-state index is 0.0972. The second-order valence-electron chi connectivity index (χ2n) is 4.17. The predicted octanol–water partition coefficient (Wildman–Crippen LogP) is 2.15. The maximum Gasteiger partial charge on any atom is 0.257 e. The number of halogens is 1. The maximum absolute atomic E-state index is 12.0. The molecule has 0 aliphatic rings. The fourth-order valence-electron chi connectivity index (χ4n) is 1.46. The molecule has 0 saturated heterocycles. The van der Waals surface area contributed by atoms with Gasteiger partial charge in [-0.05, 0) is 27.9 Å². The first kappa shape index (κ1) is 13.0. The molecule has 1 aromatic rings. The zero-order chi connectivity index (χ0) is 12.3. The molecule has 0 unspecified atom stereocenters. The van der Waals surface area contributed by atoms with Crippen LogP contribution in [0.15, 0.2) is 16.7 Å². The average molecular weight is 286 g/mol. The number of carbonyl (C=O) groups excluding carboxylic acids is 1. The number of aromatic nitrogens is 1. The number of nitrogens with zero attached hydrogens (tertiary/aromatic N) is 2. The highest BCUT2D eigenvalue weighted by atomic mass is 79.9. The smallest absolute Gasteiger partial charge is 0.257 e. The summed E-state index contributed by atoms with van der Waals surface area (Å²) in [6, 6.07) is 1.70. The Labute approximate surface area is 104 Å². The fraction of sp³-hybridized carbons (Fsp3) is 0.455. The Balaban J connectivity index is 2.91. The number of carbonyl (C=O) groups is 1. The summed E-state index contributed by atoms with van der Waals surface area (Å²) in [5.74, 6) is 0.596. The summed E-state index contributed by atoms with van der Waals surface area (Å²) in [5, 5.41) is 0. The Morgan fingerprint density at radius 1 is 1.62 bits per heavy atom. The second-order valence-corrected chi connectivity index (χ2v) is 5.08. The van der Waals surface area contributed by atoms with Crippen molar-refractivity contribution >= 4 is 27.7 Å². The van der Waals surface area contributed by atoms with E-state index in [1.807, 2.05) is 0 Å². The summed E-state index contributed by atoms with van der Waals surface area (Å²) >= 11 is 3.28. The monoisotopic (exact) mass is 285 g/mol. The molecule has 1 aromatic heterocycles. The van der Waals surface area contributed by atoms with Gasteiger partial charge in [0.25, 0.3) is 5.91 Å². The van der Waals surface area contributed by atoms with Gasteiger partial charge in [0.1, 0.15) is 5.82 Å². The Morgan fingerprint density at radius 2 is 2.25 bits per heavy atom. The number of amides is 1. The van der Waals surface area contributed by atoms with Crippen molar-refractivity contribution in [2.45, 2.75) is 13.8 Å². The highest BCUT2D eigenvalue weighted by molar-refractivity contribution is 9.10. The molecule has 0 aliphatic carbocycles. The molecule has 0 bridgehead atoms. The lowest BCUT2D eigenvalue weighted by Gasteiger charge is -2.19. The molecular weight excluding hydrogens is 270 g/mol. The van der Waals surface area contributed by atoms with Crippen LogP contribution >= 0.6 is 15.9 Å². The van der Waals surface area contributed by atoms with E-state index in [0.29, 0.717) is 18.0 Å². The number of nitrogen functional groups attached to an aromatic ring is 1. The molecular formula is C11H16BrN3O. The van der Waals surface area contributed by atoms with Crippen molar-refractivity contribution in [1.29, 1.82) is 0 Å². The molecule has 1 heterocycles. The molecule has 0 fully saturated rings. The average Bonchev–Trinajstić information content (AvgIpc) is 2.19. The summed E-state index contributed by atoms with van der Waals surface area (Å²) in [4.78, 5) is 17.6. The first-order valence-electron chi connectivity index (χ1n) is 5.08. The zero-order valence-corrected chi connectivity index (χ0v) is 11.3. The molecule has 2 N–H and O–H groups in total. The normalized spacial score (nSPS) is 10.6. The first-order valence-corrected chi connectivity index (χ1v) is 5.87. The van der Waals surface area contributed by atoms with Gasteiger partial charge in [0.05, 0.1) is 5.56 Å². The van der Waals surface area contributed by atoms with Gasteiger partial charge in [0.15, 0.2) is 0 Å². The predicted molar refractivity (Wildman–Crippen MR) is 68.1 cm³/mol. The van der Waals surface area contributed by atoms with Crippen molar-refractivity contribution in [2.24, 2.45) is 5.92 Å². The van der Waals surface area contributed by atoms with Crippen molar-refractivity contribution in [3.05, 3.63) is 22.3 Å². The van der Waals surface area contributed by atoms with E-state index in [0.717, 1.165) is 4.47 Å². The van der Waals surface area contributed by atoms with Gasteiger partial charge < -0.3 is 10.6 Å². The summed E-state index contributed by atoms with van der Waals surface area (Å²) in [7, 11) is 1.77. The number of hydrogen-bond acceptors (Lipinski definition) is 3. The lowest BCUT2D eigenvalue weighted by molar-refractivity contribution is 0.0780. The van der Waals surface area contributed by atoms with Crippen molar-refractivity contribution < 1.29 is 4.79 Å². The van der Waals surface area contributed by atoms with E-state index in [1.54, 1.807) is 24.2 Å². The van der Waals surface area contributed by atoms with Gasteiger partial charge >= 0.3 is 0 Å². The van der Waals surface area contributed by atoms with Crippen LogP contribution in [0.25, 0.3) is 0 Å². The number of nitrogens with two attached hydrogens (primary N) is 1. The first-order chi connectivity index (χ1) is 7.41. The van der Waals surface area contributed by atoms with E-state index in [9.17, 15) is 4.79 Å². The third kappa shape index (κ3) is 3.20. The highest BCUT2D eigenvalue weighted by Crippen LogP contribution is 2.17. The molecule has 0 spiro atoms. The minimum Gasteiger partial charge on any atom is -0.383 e. The van der Waals surface area contributed by atoms with Crippen LogP contribution in [-0.4, -0.2) is 29.4 Å². The molecule has 0 aromatic carbocycles. The SMILES string of the molecule is CC(C)CN(C)C(=O)c1cc(Br)cnc1N. The Bertz CT molecular complexity index is 393. The van der Waals surface area contributed by atoms with Gasteiger partial charge in [-0.3, -0.25) is 4.79 Å². The Morgan fingerprint density at radius 3 is 2.81 bits per heavy atom. The van der Waals surface area contributed by atoms with Crippen LogP contribution in [0.3, 0.4) is 0 Å². The highest BCUT2D eigenvalue weighted by Gasteiger charge is 2.16. The topological polar surface area (TPSA) is 59.2 Å². The zero-order valence-electron chi connectivity index (χ0n) is 9.70. The summed E-state index contributed by atoms with van der Waals surface area (Å²) in [6.45, 7) is 4.82. The van der Waals surface area contributed by atoms with Gasteiger partial charge in [-0.15, -0.1) is 0 Å². The summed E-state index contributed by atoms with van der Waals surface area (Å²) in [5.41, 5.74) is 6.12. The quantitative estimate of drug-likeness (QED) is 0.926. The molecule has 16 heavy (non-hydrogen) atoms. The molecule has 0 saturated carbocycles. The van der Waals surface area contributed by atoms with E-state index in [-0.39, 0.29) is 11.7 Å². The van der Waals surface area contributed by atoms with Crippen molar-refractivity contribution in [3.63, 3.8) is 0 Å². The van der Waals surface area contributed by atoms with Gasteiger partial charge in [-0.2, -0.15) is 0 Å². The third-order valence-corrected chi connectivity index (χ3v) is 2.53. The lowest BCUT2D eigenvalue weighted by Crippen LogP contribution is -2.31. The molecule has 0 aliphatic heterocycles. The van der Waals surface area contributed by atoms with E-state index in [1.165, 1.54) is 0 Å². The second kappa shape index (κ2) is 5.30. The summed E-state index contributed by atoms with van der Waals surface area (Å²) < 4.78 is 0.753. The van der Waals surface area contributed by atoms with Crippen LogP contribution in [0.2, 0.25) is 0 Å². The number of hydrogen-bond donors (Lipinski definition) is 1. The number of anilines is 1. The van der Waals surface area contributed by atoms with E-state index < -0.39 is 0 Å². The van der Waals surface area contributed by atoms with Crippen LogP contribution in [0.4, 0.5) is 5.82 Å². The largest absolute Gasteiger partial charge is 0.383 e. The van der Waals surface area contributed by atoms with Crippen LogP contribution in [0, 0.1) is 5.92 Å². The molecule has 5 heteroatoms. The van der Waals surface area contributed by atoms with Crippen molar-refractivity contribution in [1.82, 2.24) is 9.88 Å². The van der Waals surface area contributed by atoms with Gasteiger partial charge in [0.2, 0.25) is 0 Å². The molecule has 4 nitrogen and oxygen atoms in total. The van der Waals surface area contributed by atoms with E-state index >= 15 is 0 Å². The van der Waals surface area contributed by atoms with Gasteiger partial charge in [-0.25, -0.2) is 4.98 Å². The minimum atomic E-state index is -0.0972. The standard InChI is InChI=1S/C11H16BrN3O/c1-7(2)6-15(3)11(16)9-4-8(12)5-14-10(9)13/h4-5,7H,6H2,1-3H3,(H2,13,14). The van der Waals surface area contributed by atoms with Crippen molar-refractivity contribution in [3.8, 4) is 0 Å². The Kier molecular flexibility index (Phi) is 4.29. The maximum atomic E-state index is 12.0. The lowest BCUT2D eigenvalue weighted by atomic mass is 10.2. The molecule has 1 rings (SSSR count). The molecule has 0 radical (unpaired) electrons. The number of pyridine rings is 1. The van der Waals surface area contributed by atoms with Gasteiger partial charge in [-0.1, -0.05) is 13.8 Å².